The summed E-state index contributed by atoms with van der Waals surface area (Å²) in [6.45, 7) is 10.0. The molecule has 0 atom stereocenters. The molecule has 0 aromatic heterocycles. The zero-order valence-corrected chi connectivity index (χ0v) is 14.7. The highest BCUT2D eigenvalue weighted by Crippen LogP contribution is 2.27. The van der Waals surface area contributed by atoms with E-state index in [1.54, 1.807) is 11.0 Å². The van der Waals surface area contributed by atoms with E-state index in [9.17, 15) is 9.59 Å². The molecule has 1 aliphatic rings. The molecule has 6 heteroatoms. The van der Waals surface area contributed by atoms with Crippen molar-refractivity contribution < 1.29 is 9.59 Å². The van der Waals surface area contributed by atoms with Gasteiger partial charge in [0.15, 0.2) is 0 Å². The fourth-order valence-corrected chi connectivity index (χ4v) is 3.19. The predicted octanol–water partition coefficient (Wildman–Crippen LogP) is 2.45. The molecule has 23 heavy (non-hydrogen) atoms. The Bertz CT molecular complexity index is 572. The van der Waals surface area contributed by atoms with E-state index < -0.39 is 0 Å². The Hall–Kier alpha value is -1.59. The smallest absolute Gasteiger partial charge is 0.233 e. The van der Waals surface area contributed by atoms with E-state index in [0.29, 0.717) is 23.8 Å². The van der Waals surface area contributed by atoms with Crippen molar-refractivity contribution in [2.24, 2.45) is 0 Å². The molecule has 0 saturated carbocycles. The van der Waals surface area contributed by atoms with Gasteiger partial charge in [-0.05, 0) is 37.6 Å². The van der Waals surface area contributed by atoms with Gasteiger partial charge in [-0.2, -0.15) is 0 Å². The number of hydrogen-bond donors (Lipinski definition) is 1. The summed E-state index contributed by atoms with van der Waals surface area (Å²) in [6, 6.07) is 3.75. The molecular weight excluding hydrogens is 314 g/mol. The first-order valence-corrected chi connectivity index (χ1v) is 8.35. The molecule has 5 nitrogen and oxygen atoms in total. The van der Waals surface area contributed by atoms with E-state index in [0.717, 1.165) is 30.8 Å². The van der Waals surface area contributed by atoms with Gasteiger partial charge >= 0.3 is 0 Å². The number of halogens is 1. The Labute approximate surface area is 142 Å². The number of carbonyl (C=O) groups excluding carboxylic acids is 2. The first kappa shape index (κ1) is 17.8. The highest BCUT2D eigenvalue weighted by Gasteiger charge is 2.22. The molecule has 1 aromatic rings. The predicted molar refractivity (Wildman–Crippen MR) is 92.9 cm³/mol. The van der Waals surface area contributed by atoms with E-state index in [2.05, 4.69) is 17.1 Å². The average molecular weight is 338 g/mol. The van der Waals surface area contributed by atoms with Crippen LogP contribution in [0.1, 0.15) is 24.5 Å². The second-order valence-corrected chi connectivity index (χ2v) is 6.39. The van der Waals surface area contributed by atoms with Crippen LogP contribution in [0.15, 0.2) is 12.1 Å². The Morgan fingerprint density at radius 2 is 1.83 bits per heavy atom. The number of carbonyl (C=O) groups is 2. The van der Waals surface area contributed by atoms with E-state index in [4.69, 9.17) is 11.6 Å². The van der Waals surface area contributed by atoms with E-state index >= 15 is 0 Å². The van der Waals surface area contributed by atoms with Crippen LogP contribution in [0, 0.1) is 13.8 Å². The van der Waals surface area contributed by atoms with Gasteiger partial charge < -0.3 is 15.1 Å². The monoisotopic (exact) mass is 337 g/mol. The van der Waals surface area contributed by atoms with Crippen molar-refractivity contribution in [3.05, 3.63) is 28.3 Å². The molecule has 1 N–H and O–H groups in total. The number of nitrogens with zero attached hydrogens (tertiary/aromatic N) is 2. The van der Waals surface area contributed by atoms with Gasteiger partial charge in [0.05, 0.1) is 10.7 Å². The lowest BCUT2D eigenvalue weighted by molar-refractivity contribution is -0.136. The van der Waals surface area contributed by atoms with Gasteiger partial charge in [0.25, 0.3) is 0 Å². The first-order chi connectivity index (χ1) is 10.9. The SMILES string of the molecule is CCN1CCN(C(=O)CC(=O)Nc2c(C)cc(C)cc2Cl)CC1. The van der Waals surface area contributed by atoms with Gasteiger partial charge in [-0.3, -0.25) is 9.59 Å². The highest BCUT2D eigenvalue weighted by atomic mass is 35.5. The molecular formula is C17H24ClN3O2. The Morgan fingerprint density at radius 1 is 1.17 bits per heavy atom. The second kappa shape index (κ2) is 7.79. The quantitative estimate of drug-likeness (QED) is 0.859. The summed E-state index contributed by atoms with van der Waals surface area (Å²) in [7, 11) is 0. The number of hydrogen-bond acceptors (Lipinski definition) is 3. The largest absolute Gasteiger partial charge is 0.340 e. The standard InChI is InChI=1S/C17H24ClN3O2/c1-4-20-5-7-21(8-6-20)16(23)11-15(22)19-17-13(3)9-12(2)10-14(17)18/h9-10H,4-8,11H2,1-3H3,(H,19,22). The molecule has 1 fully saturated rings. The van der Waals surface area contributed by atoms with Crippen molar-refractivity contribution >= 4 is 29.1 Å². The zero-order valence-electron chi connectivity index (χ0n) is 14.0. The van der Waals surface area contributed by atoms with Crippen LogP contribution in [0.5, 0.6) is 0 Å². The number of benzene rings is 1. The molecule has 1 aliphatic heterocycles. The molecule has 1 heterocycles. The van der Waals surface area contributed by atoms with E-state index in [1.807, 2.05) is 19.9 Å². The number of aryl methyl sites for hydroxylation is 2. The topological polar surface area (TPSA) is 52.7 Å². The lowest BCUT2D eigenvalue weighted by Crippen LogP contribution is -2.49. The molecule has 0 aliphatic carbocycles. The number of piperazine rings is 1. The lowest BCUT2D eigenvalue weighted by atomic mass is 10.1. The van der Waals surface area contributed by atoms with Crippen molar-refractivity contribution in [3.8, 4) is 0 Å². The Kier molecular flexibility index (Phi) is 6.02. The van der Waals surface area contributed by atoms with Crippen molar-refractivity contribution in [1.82, 2.24) is 9.80 Å². The molecule has 2 rings (SSSR count). The van der Waals surface area contributed by atoms with Crippen molar-refractivity contribution in [1.29, 1.82) is 0 Å². The average Bonchev–Trinajstić information content (AvgIpc) is 2.51. The summed E-state index contributed by atoms with van der Waals surface area (Å²) in [5.41, 5.74) is 2.52. The van der Waals surface area contributed by atoms with Gasteiger partial charge in [-0.25, -0.2) is 0 Å². The molecule has 0 unspecified atom stereocenters. The number of amides is 2. The maximum atomic E-state index is 12.2. The molecule has 1 saturated heterocycles. The number of anilines is 1. The van der Waals surface area contributed by atoms with Gasteiger partial charge in [0.1, 0.15) is 6.42 Å². The fraction of sp³-hybridized carbons (Fsp3) is 0.529. The molecule has 0 spiro atoms. The summed E-state index contributed by atoms with van der Waals surface area (Å²) in [5, 5.41) is 3.27. The number of nitrogens with one attached hydrogen (secondary N) is 1. The highest BCUT2D eigenvalue weighted by molar-refractivity contribution is 6.34. The molecule has 0 radical (unpaired) electrons. The second-order valence-electron chi connectivity index (χ2n) is 5.98. The first-order valence-electron chi connectivity index (χ1n) is 7.97. The van der Waals surface area contributed by atoms with Crippen LogP contribution < -0.4 is 5.32 Å². The van der Waals surface area contributed by atoms with Gasteiger partial charge in [0, 0.05) is 26.2 Å². The van der Waals surface area contributed by atoms with Crippen LogP contribution >= 0.6 is 11.6 Å². The maximum absolute atomic E-state index is 12.2. The van der Waals surface area contributed by atoms with Crippen LogP contribution in [-0.2, 0) is 9.59 Å². The van der Waals surface area contributed by atoms with Crippen LogP contribution in [0.4, 0.5) is 5.69 Å². The molecule has 126 valence electrons. The Balaban J connectivity index is 1.91. The fourth-order valence-electron chi connectivity index (χ4n) is 2.82. The van der Waals surface area contributed by atoms with Gasteiger partial charge in [0.2, 0.25) is 11.8 Å². The van der Waals surface area contributed by atoms with Crippen molar-refractivity contribution in [2.45, 2.75) is 27.2 Å². The molecule has 0 bridgehead atoms. The summed E-state index contributed by atoms with van der Waals surface area (Å²) in [5.74, 6) is -0.444. The number of rotatable bonds is 4. The minimum atomic E-state index is -0.318. The third-order valence-electron chi connectivity index (χ3n) is 4.18. The van der Waals surface area contributed by atoms with Crippen LogP contribution in [0.3, 0.4) is 0 Å². The Morgan fingerprint density at radius 3 is 2.39 bits per heavy atom. The minimum Gasteiger partial charge on any atom is -0.340 e. The van der Waals surface area contributed by atoms with Crippen LogP contribution in [0.2, 0.25) is 5.02 Å². The third-order valence-corrected chi connectivity index (χ3v) is 4.48. The van der Waals surface area contributed by atoms with Crippen molar-refractivity contribution in [3.63, 3.8) is 0 Å². The van der Waals surface area contributed by atoms with Gasteiger partial charge in [-0.15, -0.1) is 0 Å². The summed E-state index contributed by atoms with van der Waals surface area (Å²) in [4.78, 5) is 28.4. The maximum Gasteiger partial charge on any atom is 0.233 e. The van der Waals surface area contributed by atoms with Gasteiger partial charge in [-0.1, -0.05) is 24.6 Å². The van der Waals surface area contributed by atoms with Crippen LogP contribution in [-0.4, -0.2) is 54.3 Å². The third kappa shape index (κ3) is 4.69. The minimum absolute atomic E-state index is 0.126. The van der Waals surface area contributed by atoms with E-state index in [1.165, 1.54) is 0 Å². The van der Waals surface area contributed by atoms with Crippen molar-refractivity contribution in [2.75, 3.05) is 38.0 Å². The zero-order chi connectivity index (χ0) is 17.0. The molecule has 2 amide bonds. The normalized spacial score (nSPS) is 15.6. The summed E-state index contributed by atoms with van der Waals surface area (Å²) >= 11 is 6.18. The van der Waals surface area contributed by atoms with Crippen LogP contribution in [0.25, 0.3) is 0 Å². The number of likely N-dealkylation sites (N-methyl/N-ethyl adjacent to an activating group) is 1. The van der Waals surface area contributed by atoms with E-state index in [-0.39, 0.29) is 18.2 Å². The summed E-state index contributed by atoms with van der Waals surface area (Å²) in [6.07, 6.45) is -0.143. The molecule has 1 aromatic carbocycles. The summed E-state index contributed by atoms with van der Waals surface area (Å²) < 4.78 is 0. The lowest BCUT2D eigenvalue weighted by Gasteiger charge is -2.34.